The topological polar surface area (TPSA) is 87.1 Å². The molecule has 0 heterocycles. The molecule has 1 amide bonds. The van der Waals surface area contributed by atoms with Gasteiger partial charge in [-0.15, -0.1) is 0 Å². The van der Waals surface area contributed by atoms with Crippen LogP contribution in [0.15, 0.2) is 48.5 Å². The monoisotopic (exact) mass is 301 g/mol. The Hall–Kier alpha value is -3.02. The van der Waals surface area contributed by atoms with Gasteiger partial charge in [-0.05, 0) is 29.8 Å². The molecule has 0 bridgehead atoms. The summed E-state index contributed by atoms with van der Waals surface area (Å²) in [5.74, 6) is -0.506. The maximum atomic E-state index is 11.5. The summed E-state index contributed by atoms with van der Waals surface area (Å²) in [7, 11) is 1.54. The number of amides is 1. The molecule has 0 saturated carbocycles. The van der Waals surface area contributed by atoms with Gasteiger partial charge >= 0.3 is 12.1 Å². The summed E-state index contributed by atoms with van der Waals surface area (Å²) in [4.78, 5) is 23.8. The summed E-state index contributed by atoms with van der Waals surface area (Å²) in [6, 6.07) is 12.9. The summed E-state index contributed by atoms with van der Waals surface area (Å²) >= 11 is 0. The van der Waals surface area contributed by atoms with Gasteiger partial charge in [0.05, 0.1) is 24.9 Å². The van der Waals surface area contributed by atoms with E-state index in [0.717, 1.165) is 10.5 Å². The number of hydrogen-bond acceptors (Lipinski definition) is 3. The number of ether oxygens (including phenoxy) is 1. The van der Waals surface area contributed by atoms with Crippen LogP contribution in [0.3, 0.4) is 0 Å². The van der Waals surface area contributed by atoms with Crippen molar-refractivity contribution in [2.24, 2.45) is 0 Å². The highest BCUT2D eigenvalue weighted by molar-refractivity contribution is 5.99. The number of nitrogens with zero attached hydrogens (tertiary/aromatic N) is 1. The molecule has 2 aromatic rings. The number of aromatic carboxylic acids is 1. The Morgan fingerprint density at radius 3 is 2.23 bits per heavy atom. The Morgan fingerprint density at radius 1 is 1.05 bits per heavy atom. The molecule has 114 valence electrons. The molecule has 0 aliphatic heterocycles. The Morgan fingerprint density at radius 2 is 1.68 bits per heavy atom. The number of carboxylic acids is 1. The number of para-hydroxylation sites is 1. The van der Waals surface area contributed by atoms with Gasteiger partial charge in [0, 0.05) is 0 Å². The zero-order valence-electron chi connectivity index (χ0n) is 11.9. The molecular weight excluding hydrogens is 286 g/mol. The van der Waals surface area contributed by atoms with E-state index in [1.54, 1.807) is 43.5 Å². The van der Waals surface area contributed by atoms with Crippen molar-refractivity contribution in [2.45, 2.75) is 6.54 Å². The Kier molecular flexibility index (Phi) is 4.63. The summed E-state index contributed by atoms with van der Waals surface area (Å²) < 4.78 is 5.05. The van der Waals surface area contributed by atoms with Crippen LogP contribution in [-0.4, -0.2) is 29.4 Å². The summed E-state index contributed by atoms with van der Waals surface area (Å²) in [5.41, 5.74) is 0.806. The highest BCUT2D eigenvalue weighted by Crippen LogP contribution is 2.23. The summed E-state index contributed by atoms with van der Waals surface area (Å²) in [6.07, 6.45) is -1.22. The van der Waals surface area contributed by atoms with Gasteiger partial charge in [0.1, 0.15) is 5.75 Å². The van der Waals surface area contributed by atoms with Gasteiger partial charge in [-0.1, -0.05) is 24.3 Å². The number of hydrogen-bond donors (Lipinski definition) is 2. The average molecular weight is 301 g/mol. The molecule has 2 aromatic carbocycles. The van der Waals surface area contributed by atoms with Gasteiger partial charge in [-0.3, -0.25) is 4.90 Å². The van der Waals surface area contributed by atoms with E-state index in [2.05, 4.69) is 0 Å². The molecule has 6 heteroatoms. The van der Waals surface area contributed by atoms with E-state index in [1.165, 1.54) is 12.1 Å². The standard InChI is InChI=1S/C16H15NO5/c1-22-12-8-6-11(7-9-12)10-17(16(20)21)14-5-3-2-4-13(14)15(18)19/h2-9H,10H2,1H3,(H,18,19)(H,20,21). The second-order valence-electron chi connectivity index (χ2n) is 4.54. The van der Waals surface area contributed by atoms with Gasteiger partial charge in [0.15, 0.2) is 0 Å². The van der Waals surface area contributed by atoms with Crippen LogP contribution in [0, 0.1) is 0 Å². The fourth-order valence-corrected chi connectivity index (χ4v) is 2.06. The van der Waals surface area contributed by atoms with Gasteiger partial charge in [-0.2, -0.15) is 0 Å². The molecule has 0 spiro atoms. The van der Waals surface area contributed by atoms with Crippen molar-refractivity contribution in [1.29, 1.82) is 0 Å². The Balaban J connectivity index is 2.34. The van der Waals surface area contributed by atoms with Crippen LogP contribution in [0.5, 0.6) is 5.75 Å². The van der Waals surface area contributed by atoms with Crippen molar-refractivity contribution in [1.82, 2.24) is 0 Å². The number of carbonyl (C=O) groups is 2. The molecule has 0 radical (unpaired) electrons. The fourth-order valence-electron chi connectivity index (χ4n) is 2.06. The highest BCUT2D eigenvalue weighted by Gasteiger charge is 2.20. The quantitative estimate of drug-likeness (QED) is 0.886. The van der Waals surface area contributed by atoms with E-state index in [1.807, 2.05) is 0 Å². The van der Waals surface area contributed by atoms with E-state index in [0.29, 0.717) is 5.75 Å². The molecule has 0 aliphatic carbocycles. The second kappa shape index (κ2) is 6.62. The smallest absolute Gasteiger partial charge is 0.412 e. The zero-order chi connectivity index (χ0) is 16.1. The van der Waals surface area contributed by atoms with Crippen LogP contribution in [0.2, 0.25) is 0 Å². The number of methoxy groups -OCH3 is 1. The van der Waals surface area contributed by atoms with Gasteiger partial charge in [0.25, 0.3) is 0 Å². The van der Waals surface area contributed by atoms with Crippen LogP contribution < -0.4 is 9.64 Å². The third-order valence-corrected chi connectivity index (χ3v) is 3.16. The van der Waals surface area contributed by atoms with Crippen LogP contribution in [0.4, 0.5) is 10.5 Å². The molecule has 22 heavy (non-hydrogen) atoms. The SMILES string of the molecule is COc1ccc(CN(C(=O)O)c2ccccc2C(=O)O)cc1. The number of benzene rings is 2. The molecule has 0 fully saturated rings. The average Bonchev–Trinajstić information content (AvgIpc) is 2.53. The maximum Gasteiger partial charge on any atom is 0.412 e. The molecular formula is C16H15NO5. The molecule has 0 unspecified atom stereocenters. The van der Waals surface area contributed by atoms with E-state index in [-0.39, 0.29) is 17.8 Å². The minimum Gasteiger partial charge on any atom is -0.497 e. The first kappa shape index (κ1) is 15.4. The van der Waals surface area contributed by atoms with E-state index in [4.69, 9.17) is 4.74 Å². The van der Waals surface area contributed by atoms with Crippen molar-refractivity contribution in [3.63, 3.8) is 0 Å². The predicted molar refractivity (Wildman–Crippen MR) is 80.6 cm³/mol. The third kappa shape index (κ3) is 3.35. The number of rotatable bonds is 5. The van der Waals surface area contributed by atoms with Gasteiger partial charge in [-0.25, -0.2) is 9.59 Å². The van der Waals surface area contributed by atoms with Crippen molar-refractivity contribution in [3.05, 3.63) is 59.7 Å². The lowest BCUT2D eigenvalue weighted by atomic mass is 10.1. The molecule has 6 nitrogen and oxygen atoms in total. The Bertz CT molecular complexity index is 681. The Labute approximate surface area is 127 Å². The second-order valence-corrected chi connectivity index (χ2v) is 4.54. The van der Waals surface area contributed by atoms with Gasteiger partial charge in [0.2, 0.25) is 0 Å². The van der Waals surface area contributed by atoms with Crippen molar-refractivity contribution in [2.75, 3.05) is 12.0 Å². The summed E-state index contributed by atoms with van der Waals surface area (Å²) in [5, 5.41) is 18.6. The van der Waals surface area contributed by atoms with Crippen molar-refractivity contribution >= 4 is 17.7 Å². The van der Waals surface area contributed by atoms with Crippen LogP contribution in [0.25, 0.3) is 0 Å². The van der Waals surface area contributed by atoms with Crippen LogP contribution in [0.1, 0.15) is 15.9 Å². The third-order valence-electron chi connectivity index (χ3n) is 3.16. The first-order valence-corrected chi connectivity index (χ1v) is 6.48. The first-order valence-electron chi connectivity index (χ1n) is 6.48. The molecule has 0 saturated heterocycles. The normalized spacial score (nSPS) is 10.0. The van der Waals surface area contributed by atoms with E-state index in [9.17, 15) is 19.8 Å². The largest absolute Gasteiger partial charge is 0.497 e. The predicted octanol–water partition coefficient (Wildman–Crippen LogP) is 3.08. The number of carboxylic acid groups (broad SMARTS) is 2. The maximum absolute atomic E-state index is 11.5. The molecule has 0 atom stereocenters. The lowest BCUT2D eigenvalue weighted by molar-refractivity contribution is 0.0697. The van der Waals surface area contributed by atoms with Crippen LogP contribution in [-0.2, 0) is 6.54 Å². The minimum absolute atomic E-state index is 0.0453. The van der Waals surface area contributed by atoms with E-state index < -0.39 is 12.1 Å². The lowest BCUT2D eigenvalue weighted by Crippen LogP contribution is -2.30. The zero-order valence-corrected chi connectivity index (χ0v) is 11.9. The first-order chi connectivity index (χ1) is 10.5. The molecule has 0 aliphatic rings. The molecule has 0 aromatic heterocycles. The summed E-state index contributed by atoms with van der Waals surface area (Å²) in [6.45, 7) is 0.0453. The minimum atomic E-state index is -1.22. The van der Waals surface area contributed by atoms with E-state index >= 15 is 0 Å². The van der Waals surface area contributed by atoms with Gasteiger partial charge < -0.3 is 14.9 Å². The lowest BCUT2D eigenvalue weighted by Gasteiger charge is -2.21. The fraction of sp³-hybridized carbons (Fsp3) is 0.125. The van der Waals surface area contributed by atoms with Crippen molar-refractivity contribution < 1.29 is 24.5 Å². The molecule has 2 rings (SSSR count). The highest BCUT2D eigenvalue weighted by atomic mass is 16.5. The van der Waals surface area contributed by atoms with Crippen LogP contribution >= 0.6 is 0 Å². The molecule has 2 N–H and O–H groups in total. The number of anilines is 1. The van der Waals surface area contributed by atoms with Crippen molar-refractivity contribution in [3.8, 4) is 5.75 Å².